The third-order valence-electron chi connectivity index (χ3n) is 7.18. The molecule has 6 rings (SSSR count). The van der Waals surface area contributed by atoms with E-state index >= 15 is 0 Å². The van der Waals surface area contributed by atoms with Crippen molar-refractivity contribution in [2.75, 3.05) is 26.0 Å². The maximum atomic E-state index is 14.7. The minimum Gasteiger partial charge on any atom is -0.358 e. The van der Waals surface area contributed by atoms with Crippen molar-refractivity contribution in [2.24, 2.45) is 0 Å². The monoisotopic (exact) mass is 561 g/mol. The zero-order valence-corrected chi connectivity index (χ0v) is 23.9. The Balaban J connectivity index is 1.36. The molecule has 0 aliphatic carbocycles. The van der Waals surface area contributed by atoms with Gasteiger partial charge in [-0.1, -0.05) is 19.6 Å². The average Bonchev–Trinajstić information content (AvgIpc) is 3.60. The third kappa shape index (κ3) is 5.61. The Kier molecular flexibility index (Phi) is 7.45. The maximum Gasteiger partial charge on any atom is 0.178 e. The zero-order chi connectivity index (χ0) is 29.2. The summed E-state index contributed by atoms with van der Waals surface area (Å²) < 4.78 is 14.7. The average molecular weight is 562 g/mol. The van der Waals surface area contributed by atoms with Gasteiger partial charge in [0.15, 0.2) is 11.5 Å². The Morgan fingerprint density at radius 1 is 1.05 bits per heavy atom. The van der Waals surface area contributed by atoms with Crippen LogP contribution in [0.1, 0.15) is 25.3 Å². The summed E-state index contributed by atoms with van der Waals surface area (Å²) in [6.07, 6.45) is 9.55. The zero-order valence-electron chi connectivity index (χ0n) is 23.9. The first-order valence-electron chi connectivity index (χ1n) is 13.9. The fourth-order valence-electron chi connectivity index (χ4n) is 5.01. The SMILES string of the molecule is C=C(CC)Nc1cncc(-c2cc3c(-c4nc5nccc(-c6cc(F)cc(CCCN(C)C)c6)c5[nH]4)n[nH]c3cn2)c1. The topological polar surface area (TPSA) is 111 Å². The summed E-state index contributed by atoms with van der Waals surface area (Å²) in [5.74, 6) is 0.298. The van der Waals surface area contributed by atoms with Gasteiger partial charge in [-0.2, -0.15) is 5.10 Å². The van der Waals surface area contributed by atoms with Crippen LogP contribution in [0.25, 0.3) is 56.0 Å². The highest BCUT2D eigenvalue weighted by atomic mass is 19.1. The number of hydrogen-bond acceptors (Lipinski definition) is 7. The highest BCUT2D eigenvalue weighted by Crippen LogP contribution is 2.33. The molecule has 0 aliphatic heterocycles. The van der Waals surface area contributed by atoms with E-state index in [0.29, 0.717) is 17.2 Å². The molecule has 0 fully saturated rings. The Labute approximate surface area is 243 Å². The molecular formula is C32H32FN9. The number of hydrogen-bond donors (Lipinski definition) is 3. The minimum absolute atomic E-state index is 0.261. The van der Waals surface area contributed by atoms with Gasteiger partial charge in [0.2, 0.25) is 0 Å². The standard InChI is InChI=1S/C32H32FN9/c1-5-19(2)37-24-14-22(16-34-17-24)27-15-26-28(18-36-27)40-41-30(26)32-38-29-25(8-9-35-31(29)39-32)21-11-20(12-23(33)13-21)7-6-10-42(3)4/h8-9,11-18,37H,2,5-7,10H2,1,3-4H3,(H,40,41)(H,35,38,39). The third-order valence-corrected chi connectivity index (χ3v) is 7.18. The second-order valence-corrected chi connectivity index (χ2v) is 10.6. The number of nitrogens with zero attached hydrogens (tertiary/aromatic N) is 6. The van der Waals surface area contributed by atoms with Crippen LogP contribution in [0.4, 0.5) is 10.1 Å². The van der Waals surface area contributed by atoms with Crippen LogP contribution in [0.5, 0.6) is 0 Å². The number of allylic oxidation sites excluding steroid dienone is 1. The van der Waals surface area contributed by atoms with Crippen LogP contribution < -0.4 is 5.32 Å². The summed E-state index contributed by atoms with van der Waals surface area (Å²) in [6.45, 7) is 7.00. The molecule has 0 radical (unpaired) electrons. The number of benzene rings is 1. The first-order chi connectivity index (χ1) is 20.4. The lowest BCUT2D eigenvalue weighted by atomic mass is 10.0. The molecule has 5 aromatic heterocycles. The Morgan fingerprint density at radius 2 is 1.93 bits per heavy atom. The summed E-state index contributed by atoms with van der Waals surface area (Å²) in [6, 6.07) is 11.1. The highest BCUT2D eigenvalue weighted by Gasteiger charge is 2.17. The summed E-state index contributed by atoms with van der Waals surface area (Å²) in [4.78, 5) is 23.8. The van der Waals surface area contributed by atoms with E-state index in [4.69, 9.17) is 4.98 Å². The van der Waals surface area contributed by atoms with Crippen molar-refractivity contribution in [3.63, 3.8) is 0 Å². The molecular weight excluding hydrogens is 529 g/mol. The first-order valence-corrected chi connectivity index (χ1v) is 13.9. The molecule has 0 atom stereocenters. The smallest absolute Gasteiger partial charge is 0.178 e. The van der Waals surface area contributed by atoms with Gasteiger partial charge in [0.25, 0.3) is 0 Å². The van der Waals surface area contributed by atoms with Crippen molar-refractivity contribution in [3.05, 3.63) is 84.8 Å². The van der Waals surface area contributed by atoms with E-state index in [1.54, 1.807) is 36.9 Å². The van der Waals surface area contributed by atoms with Crippen molar-refractivity contribution in [2.45, 2.75) is 26.2 Å². The molecule has 1 aromatic carbocycles. The van der Waals surface area contributed by atoms with E-state index in [-0.39, 0.29) is 5.82 Å². The molecule has 0 bridgehead atoms. The van der Waals surface area contributed by atoms with Gasteiger partial charge in [0.1, 0.15) is 11.5 Å². The second-order valence-electron chi connectivity index (χ2n) is 10.6. The lowest BCUT2D eigenvalue weighted by Gasteiger charge is -2.10. The molecule has 5 heterocycles. The van der Waals surface area contributed by atoms with Gasteiger partial charge in [-0.05, 0) is 81.4 Å². The molecule has 0 amide bonds. The number of aryl methyl sites for hydroxylation is 1. The molecule has 0 saturated carbocycles. The van der Waals surface area contributed by atoms with Crippen LogP contribution in [0.2, 0.25) is 0 Å². The van der Waals surface area contributed by atoms with E-state index < -0.39 is 0 Å². The maximum absolute atomic E-state index is 14.7. The summed E-state index contributed by atoms with van der Waals surface area (Å²) in [5.41, 5.74) is 8.61. The summed E-state index contributed by atoms with van der Waals surface area (Å²) in [7, 11) is 4.08. The van der Waals surface area contributed by atoms with Gasteiger partial charge in [0, 0.05) is 34.6 Å². The minimum atomic E-state index is -0.261. The number of nitrogens with one attached hydrogen (secondary N) is 3. The van der Waals surface area contributed by atoms with Gasteiger partial charge in [-0.3, -0.25) is 15.1 Å². The fourth-order valence-corrected chi connectivity index (χ4v) is 5.01. The number of anilines is 1. The lowest BCUT2D eigenvalue weighted by molar-refractivity contribution is 0.400. The molecule has 0 aliphatic rings. The number of rotatable bonds is 10. The van der Waals surface area contributed by atoms with Crippen molar-refractivity contribution >= 4 is 27.8 Å². The van der Waals surface area contributed by atoms with Crippen LogP contribution in [0.3, 0.4) is 0 Å². The predicted octanol–water partition coefficient (Wildman–Crippen LogP) is 6.59. The van der Waals surface area contributed by atoms with Gasteiger partial charge in [-0.15, -0.1) is 0 Å². The van der Waals surface area contributed by atoms with Crippen LogP contribution in [-0.2, 0) is 6.42 Å². The van der Waals surface area contributed by atoms with Crippen molar-refractivity contribution in [1.82, 2.24) is 40.0 Å². The largest absolute Gasteiger partial charge is 0.358 e. The Hall–Kier alpha value is -4.96. The van der Waals surface area contributed by atoms with Crippen molar-refractivity contribution in [1.29, 1.82) is 0 Å². The molecule has 3 N–H and O–H groups in total. The molecule has 6 aromatic rings. The predicted molar refractivity (Wildman–Crippen MR) is 165 cm³/mol. The quantitative estimate of drug-likeness (QED) is 0.173. The van der Waals surface area contributed by atoms with Gasteiger partial charge in [-0.25, -0.2) is 14.4 Å². The normalized spacial score (nSPS) is 11.5. The van der Waals surface area contributed by atoms with Crippen LogP contribution in [0.15, 0.2) is 73.5 Å². The van der Waals surface area contributed by atoms with E-state index in [2.05, 4.69) is 46.9 Å². The number of halogens is 1. The fraction of sp³-hybridized carbons (Fsp3) is 0.219. The summed E-state index contributed by atoms with van der Waals surface area (Å²) in [5, 5.41) is 11.7. The Bertz CT molecular complexity index is 1900. The molecule has 10 heteroatoms. The van der Waals surface area contributed by atoms with Crippen LogP contribution in [-0.4, -0.2) is 60.7 Å². The van der Waals surface area contributed by atoms with Crippen molar-refractivity contribution in [3.8, 4) is 33.9 Å². The molecule has 0 unspecified atom stereocenters. The first kappa shape index (κ1) is 27.2. The molecule has 42 heavy (non-hydrogen) atoms. The molecule has 0 spiro atoms. The number of aromatic nitrogens is 7. The molecule has 0 saturated heterocycles. The number of fused-ring (bicyclic) bond motifs is 2. The highest BCUT2D eigenvalue weighted by molar-refractivity contribution is 5.96. The second kappa shape index (κ2) is 11.5. The molecule has 212 valence electrons. The number of H-pyrrole nitrogens is 2. The number of aromatic amines is 2. The van der Waals surface area contributed by atoms with E-state index in [9.17, 15) is 4.39 Å². The Morgan fingerprint density at radius 3 is 2.76 bits per heavy atom. The van der Waals surface area contributed by atoms with E-state index in [1.807, 2.05) is 45.3 Å². The van der Waals surface area contributed by atoms with Crippen LogP contribution in [0, 0.1) is 5.82 Å². The van der Waals surface area contributed by atoms with E-state index in [1.165, 1.54) is 0 Å². The van der Waals surface area contributed by atoms with Gasteiger partial charge in [0.05, 0.1) is 34.8 Å². The lowest BCUT2D eigenvalue weighted by Crippen LogP contribution is -2.13. The summed E-state index contributed by atoms with van der Waals surface area (Å²) >= 11 is 0. The van der Waals surface area contributed by atoms with Gasteiger partial charge < -0.3 is 15.2 Å². The van der Waals surface area contributed by atoms with E-state index in [0.717, 1.165) is 81.6 Å². The number of imidazole rings is 1. The van der Waals surface area contributed by atoms with Gasteiger partial charge >= 0.3 is 0 Å². The number of pyridine rings is 3. The van der Waals surface area contributed by atoms with Crippen LogP contribution >= 0.6 is 0 Å². The van der Waals surface area contributed by atoms with Crippen molar-refractivity contribution < 1.29 is 4.39 Å². The molecule has 9 nitrogen and oxygen atoms in total.